The molecule has 0 bridgehead atoms. The molecule has 136 valence electrons. The van der Waals surface area contributed by atoms with Gasteiger partial charge in [-0.15, -0.1) is 0 Å². The van der Waals surface area contributed by atoms with E-state index in [-0.39, 0.29) is 6.04 Å². The molecule has 2 aromatic rings. The third-order valence-corrected chi connectivity index (χ3v) is 4.46. The predicted octanol–water partition coefficient (Wildman–Crippen LogP) is 1.59. The maximum absolute atomic E-state index is 5.51. The summed E-state index contributed by atoms with van der Waals surface area (Å²) in [6.07, 6.45) is 3.61. The predicted molar refractivity (Wildman–Crippen MR) is 95.0 cm³/mol. The van der Waals surface area contributed by atoms with Crippen LogP contribution in [0.5, 0.6) is 11.5 Å². The van der Waals surface area contributed by atoms with Crippen LogP contribution in [0.3, 0.4) is 0 Å². The largest absolute Gasteiger partial charge is 0.493 e. The van der Waals surface area contributed by atoms with E-state index in [2.05, 4.69) is 32.3 Å². The first-order valence-electron chi connectivity index (χ1n) is 8.54. The second-order valence-electron chi connectivity index (χ2n) is 5.95. The molecule has 2 N–H and O–H groups in total. The number of aromatic nitrogens is 2. The molecule has 25 heavy (non-hydrogen) atoms. The van der Waals surface area contributed by atoms with Crippen molar-refractivity contribution >= 4 is 0 Å². The Labute approximate surface area is 148 Å². The lowest BCUT2D eigenvalue weighted by molar-refractivity contribution is 0.0160. The molecule has 0 radical (unpaired) electrons. The first-order chi connectivity index (χ1) is 12.3. The molecule has 1 fully saturated rings. The normalized spacial score (nSPS) is 16.6. The summed E-state index contributed by atoms with van der Waals surface area (Å²) in [5.41, 5.74) is 1.20. The fourth-order valence-electron chi connectivity index (χ4n) is 3.13. The Bertz CT molecular complexity index is 642. The van der Waals surface area contributed by atoms with E-state index in [0.29, 0.717) is 6.54 Å². The number of benzene rings is 1. The van der Waals surface area contributed by atoms with Gasteiger partial charge in [0.15, 0.2) is 11.5 Å². The number of aromatic amines is 1. The highest BCUT2D eigenvalue weighted by atomic mass is 16.5. The molecule has 7 nitrogen and oxygen atoms in total. The van der Waals surface area contributed by atoms with Gasteiger partial charge in [-0.1, -0.05) is 6.07 Å². The summed E-state index contributed by atoms with van der Waals surface area (Å²) in [6.45, 7) is 4.89. The number of methoxy groups -OCH3 is 2. The second kappa shape index (κ2) is 8.84. The van der Waals surface area contributed by atoms with Crippen LogP contribution in [0, 0.1) is 0 Å². The maximum atomic E-state index is 5.51. The highest BCUT2D eigenvalue weighted by Crippen LogP contribution is 2.32. The smallest absolute Gasteiger partial charge is 0.161 e. The third-order valence-electron chi connectivity index (χ3n) is 4.46. The van der Waals surface area contributed by atoms with Crippen molar-refractivity contribution in [3.05, 3.63) is 42.0 Å². The van der Waals surface area contributed by atoms with Gasteiger partial charge in [0, 0.05) is 38.1 Å². The molecule has 2 heterocycles. The number of nitrogens with zero attached hydrogens (tertiary/aromatic N) is 2. The Kier molecular flexibility index (Phi) is 6.27. The van der Waals surface area contributed by atoms with E-state index >= 15 is 0 Å². The van der Waals surface area contributed by atoms with Crippen LogP contribution >= 0.6 is 0 Å². The van der Waals surface area contributed by atoms with Gasteiger partial charge in [-0.25, -0.2) is 4.98 Å². The van der Waals surface area contributed by atoms with Crippen molar-refractivity contribution in [1.82, 2.24) is 20.2 Å². The topological polar surface area (TPSA) is 71.6 Å². The average Bonchev–Trinajstić information content (AvgIpc) is 3.19. The van der Waals surface area contributed by atoms with Crippen LogP contribution in [0.25, 0.3) is 0 Å². The van der Waals surface area contributed by atoms with E-state index in [4.69, 9.17) is 14.2 Å². The summed E-state index contributed by atoms with van der Waals surface area (Å²) in [5.74, 6) is 2.44. The van der Waals surface area contributed by atoms with Gasteiger partial charge in [-0.2, -0.15) is 0 Å². The van der Waals surface area contributed by atoms with Crippen LogP contribution in [-0.4, -0.2) is 61.9 Å². The van der Waals surface area contributed by atoms with Crippen molar-refractivity contribution in [1.29, 1.82) is 0 Å². The highest BCUT2D eigenvalue weighted by Gasteiger charge is 2.23. The molecule has 7 heteroatoms. The summed E-state index contributed by atoms with van der Waals surface area (Å²) in [4.78, 5) is 9.82. The number of nitrogens with one attached hydrogen (secondary N) is 2. The fourth-order valence-corrected chi connectivity index (χ4v) is 3.13. The van der Waals surface area contributed by atoms with Crippen LogP contribution in [0.2, 0.25) is 0 Å². The van der Waals surface area contributed by atoms with Gasteiger partial charge in [0.1, 0.15) is 5.82 Å². The van der Waals surface area contributed by atoms with E-state index in [1.165, 1.54) is 5.56 Å². The van der Waals surface area contributed by atoms with Crippen molar-refractivity contribution in [3.8, 4) is 11.5 Å². The molecule has 0 aliphatic carbocycles. The fraction of sp³-hybridized carbons (Fsp3) is 0.500. The number of imidazole rings is 1. The number of ether oxygens (including phenoxy) is 3. The Morgan fingerprint density at radius 1 is 1.24 bits per heavy atom. The molecule has 1 saturated heterocycles. The number of hydrogen-bond donors (Lipinski definition) is 2. The van der Waals surface area contributed by atoms with E-state index in [1.54, 1.807) is 20.4 Å². The van der Waals surface area contributed by atoms with Crippen LogP contribution in [0.1, 0.15) is 17.4 Å². The molecule has 1 aromatic carbocycles. The lowest BCUT2D eigenvalue weighted by Gasteiger charge is -2.35. The number of H-pyrrole nitrogens is 1. The molecule has 1 aliphatic heterocycles. The molecule has 1 aromatic heterocycles. The van der Waals surface area contributed by atoms with E-state index < -0.39 is 0 Å². The SMILES string of the molecule is COc1ccc(C(CNCc2ncc[nH]2)N2CCOCC2)cc1OC. The van der Waals surface area contributed by atoms with Gasteiger partial charge < -0.3 is 24.5 Å². The van der Waals surface area contributed by atoms with Gasteiger partial charge in [-0.3, -0.25) is 4.90 Å². The minimum Gasteiger partial charge on any atom is -0.493 e. The molecule has 1 aliphatic rings. The number of hydrogen-bond acceptors (Lipinski definition) is 6. The summed E-state index contributed by atoms with van der Waals surface area (Å²) >= 11 is 0. The Hall–Kier alpha value is -2.09. The van der Waals surface area contributed by atoms with Crippen LogP contribution in [0.15, 0.2) is 30.6 Å². The van der Waals surface area contributed by atoms with Crippen molar-refractivity contribution in [2.45, 2.75) is 12.6 Å². The summed E-state index contributed by atoms with van der Waals surface area (Å²) in [6, 6.07) is 6.37. The summed E-state index contributed by atoms with van der Waals surface area (Å²) in [5, 5.41) is 3.50. The molecule has 1 atom stereocenters. The lowest BCUT2D eigenvalue weighted by Crippen LogP contribution is -2.42. The summed E-state index contributed by atoms with van der Waals surface area (Å²) in [7, 11) is 3.32. The Morgan fingerprint density at radius 2 is 2.04 bits per heavy atom. The van der Waals surface area contributed by atoms with Crippen molar-refractivity contribution in [3.63, 3.8) is 0 Å². The van der Waals surface area contributed by atoms with Crippen LogP contribution in [-0.2, 0) is 11.3 Å². The van der Waals surface area contributed by atoms with E-state index in [9.17, 15) is 0 Å². The van der Waals surface area contributed by atoms with Gasteiger partial charge in [-0.05, 0) is 17.7 Å². The first-order valence-corrected chi connectivity index (χ1v) is 8.54. The third kappa shape index (κ3) is 4.50. The van der Waals surface area contributed by atoms with Crippen LogP contribution in [0.4, 0.5) is 0 Å². The van der Waals surface area contributed by atoms with E-state index in [0.717, 1.165) is 50.2 Å². The van der Waals surface area contributed by atoms with Crippen molar-refractivity contribution < 1.29 is 14.2 Å². The van der Waals surface area contributed by atoms with Gasteiger partial charge in [0.05, 0.1) is 34.0 Å². The zero-order valence-corrected chi connectivity index (χ0v) is 14.8. The highest BCUT2D eigenvalue weighted by molar-refractivity contribution is 5.44. The molecule has 0 spiro atoms. The molecule has 0 saturated carbocycles. The zero-order valence-electron chi connectivity index (χ0n) is 14.8. The summed E-state index contributed by atoms with van der Waals surface area (Å²) < 4.78 is 16.3. The van der Waals surface area contributed by atoms with Crippen molar-refractivity contribution in [2.75, 3.05) is 47.1 Å². The second-order valence-corrected chi connectivity index (χ2v) is 5.95. The quantitative estimate of drug-likeness (QED) is 0.756. The molecule has 3 rings (SSSR count). The lowest BCUT2D eigenvalue weighted by atomic mass is 10.0. The number of rotatable bonds is 8. The molecule has 1 unspecified atom stereocenters. The minimum atomic E-state index is 0.235. The first kappa shape index (κ1) is 17.7. The number of morpholine rings is 1. The van der Waals surface area contributed by atoms with Gasteiger partial charge in [0.2, 0.25) is 0 Å². The monoisotopic (exact) mass is 346 g/mol. The van der Waals surface area contributed by atoms with Gasteiger partial charge >= 0.3 is 0 Å². The Balaban J connectivity index is 1.75. The standard InChI is InChI=1S/C18H26N4O3/c1-23-16-4-3-14(11-17(16)24-2)15(22-7-9-25-10-8-22)12-19-13-18-20-5-6-21-18/h3-6,11,15,19H,7-10,12-13H2,1-2H3,(H,20,21). The minimum absolute atomic E-state index is 0.235. The molecule has 0 amide bonds. The Morgan fingerprint density at radius 3 is 2.72 bits per heavy atom. The van der Waals surface area contributed by atoms with E-state index in [1.807, 2.05) is 12.3 Å². The van der Waals surface area contributed by atoms with Crippen LogP contribution < -0.4 is 14.8 Å². The van der Waals surface area contributed by atoms with Gasteiger partial charge in [0.25, 0.3) is 0 Å². The molecular formula is C18H26N4O3. The maximum Gasteiger partial charge on any atom is 0.161 e. The zero-order chi connectivity index (χ0) is 17.5. The van der Waals surface area contributed by atoms with Crippen molar-refractivity contribution in [2.24, 2.45) is 0 Å². The molecular weight excluding hydrogens is 320 g/mol. The average molecular weight is 346 g/mol.